The van der Waals surface area contributed by atoms with Gasteiger partial charge < -0.3 is 10.1 Å². The number of carbonyl (C=O) groups is 2. The molecule has 3 rings (SSSR count). The highest BCUT2D eigenvalue weighted by Crippen LogP contribution is 2.19. The van der Waals surface area contributed by atoms with Crippen LogP contribution in [0.15, 0.2) is 59.4 Å². The third-order valence-electron chi connectivity index (χ3n) is 3.84. The monoisotopic (exact) mass is 351 g/mol. The zero-order chi connectivity index (χ0) is 18.7. The fourth-order valence-corrected chi connectivity index (χ4v) is 2.40. The van der Waals surface area contributed by atoms with E-state index in [1.165, 1.54) is 26.1 Å². The van der Waals surface area contributed by atoms with Crippen molar-refractivity contribution in [2.24, 2.45) is 7.05 Å². The minimum absolute atomic E-state index is 0.0440. The predicted octanol–water partition coefficient (Wildman–Crippen LogP) is 2.12. The van der Waals surface area contributed by atoms with Crippen LogP contribution >= 0.6 is 0 Å². The van der Waals surface area contributed by atoms with Gasteiger partial charge in [0.25, 0.3) is 11.5 Å². The first kappa shape index (κ1) is 17.3. The van der Waals surface area contributed by atoms with Gasteiger partial charge in [0.05, 0.1) is 0 Å². The van der Waals surface area contributed by atoms with Gasteiger partial charge in [-0.1, -0.05) is 30.3 Å². The van der Waals surface area contributed by atoms with E-state index in [-0.39, 0.29) is 11.3 Å². The van der Waals surface area contributed by atoms with Gasteiger partial charge in [0.1, 0.15) is 0 Å². The molecule has 1 unspecified atom stereocenters. The standard InChI is InChI=1S/C19H17N3O4/c1-12(26-19(25)16-9-10-17(23)22(2)21-16)18(24)20-15-8-7-13-5-3-4-6-14(13)11-15/h3-12H,1-2H3,(H,20,24). The molecular formula is C19H17N3O4. The molecule has 132 valence electrons. The molecule has 0 aliphatic heterocycles. The number of anilines is 1. The molecule has 0 saturated carbocycles. The van der Waals surface area contributed by atoms with Crippen molar-refractivity contribution < 1.29 is 14.3 Å². The highest BCUT2D eigenvalue weighted by atomic mass is 16.5. The molecule has 7 heteroatoms. The van der Waals surface area contributed by atoms with Crippen molar-refractivity contribution >= 4 is 28.3 Å². The van der Waals surface area contributed by atoms with Crippen molar-refractivity contribution in [3.8, 4) is 0 Å². The third-order valence-corrected chi connectivity index (χ3v) is 3.84. The topological polar surface area (TPSA) is 90.3 Å². The Labute approximate surface area is 149 Å². The molecule has 2 aromatic carbocycles. The number of aryl methyl sites for hydroxylation is 1. The summed E-state index contributed by atoms with van der Waals surface area (Å²) < 4.78 is 6.15. The first-order valence-corrected chi connectivity index (χ1v) is 7.99. The van der Waals surface area contributed by atoms with Crippen LogP contribution in [0.2, 0.25) is 0 Å². The van der Waals surface area contributed by atoms with Crippen LogP contribution in [0.1, 0.15) is 17.4 Å². The number of fused-ring (bicyclic) bond motifs is 1. The normalized spacial score (nSPS) is 11.8. The van der Waals surface area contributed by atoms with Crippen LogP contribution < -0.4 is 10.9 Å². The van der Waals surface area contributed by atoms with Crippen molar-refractivity contribution in [1.29, 1.82) is 0 Å². The van der Waals surface area contributed by atoms with Crippen molar-refractivity contribution in [2.75, 3.05) is 5.32 Å². The first-order chi connectivity index (χ1) is 12.4. The smallest absolute Gasteiger partial charge is 0.359 e. The number of ether oxygens (including phenoxy) is 1. The molecule has 0 spiro atoms. The Morgan fingerprint density at radius 1 is 1.08 bits per heavy atom. The van der Waals surface area contributed by atoms with Crippen LogP contribution in [-0.2, 0) is 16.6 Å². The number of hydrogen-bond acceptors (Lipinski definition) is 5. The summed E-state index contributed by atoms with van der Waals surface area (Å²) in [5.41, 5.74) is 0.220. The molecule has 1 N–H and O–H groups in total. The van der Waals surface area contributed by atoms with E-state index in [0.717, 1.165) is 15.5 Å². The molecule has 1 heterocycles. The second kappa shape index (κ2) is 7.18. The Hall–Kier alpha value is -3.48. The molecule has 3 aromatic rings. The van der Waals surface area contributed by atoms with E-state index in [4.69, 9.17) is 4.74 Å². The second-order valence-electron chi connectivity index (χ2n) is 5.78. The van der Waals surface area contributed by atoms with Gasteiger partial charge in [0.2, 0.25) is 0 Å². The Kier molecular flexibility index (Phi) is 4.79. The molecule has 1 amide bonds. The lowest BCUT2D eigenvalue weighted by Crippen LogP contribution is -2.31. The molecular weight excluding hydrogens is 334 g/mol. The van der Waals surface area contributed by atoms with Gasteiger partial charge in [-0.05, 0) is 35.9 Å². The van der Waals surface area contributed by atoms with Crippen LogP contribution in [0, 0.1) is 0 Å². The van der Waals surface area contributed by atoms with Gasteiger partial charge in [-0.25, -0.2) is 9.48 Å². The highest BCUT2D eigenvalue weighted by Gasteiger charge is 2.20. The zero-order valence-electron chi connectivity index (χ0n) is 14.3. The summed E-state index contributed by atoms with van der Waals surface area (Å²) >= 11 is 0. The number of amides is 1. The number of carbonyl (C=O) groups excluding carboxylic acids is 2. The summed E-state index contributed by atoms with van der Waals surface area (Å²) in [6, 6.07) is 15.8. The van der Waals surface area contributed by atoms with Gasteiger partial charge in [-0.2, -0.15) is 5.10 Å². The molecule has 0 bridgehead atoms. The summed E-state index contributed by atoms with van der Waals surface area (Å²) in [5, 5.41) is 8.57. The van der Waals surface area contributed by atoms with E-state index in [2.05, 4.69) is 10.4 Å². The summed E-state index contributed by atoms with van der Waals surface area (Å²) in [5.74, 6) is -1.24. The van der Waals surface area contributed by atoms with Crippen LogP contribution in [-0.4, -0.2) is 27.8 Å². The minimum atomic E-state index is -1.02. The summed E-state index contributed by atoms with van der Waals surface area (Å²) in [6.07, 6.45) is -1.02. The number of aromatic nitrogens is 2. The lowest BCUT2D eigenvalue weighted by molar-refractivity contribution is -0.123. The molecule has 0 aliphatic carbocycles. The largest absolute Gasteiger partial charge is 0.448 e. The first-order valence-electron chi connectivity index (χ1n) is 7.99. The fraction of sp³-hybridized carbons (Fsp3) is 0.158. The fourth-order valence-electron chi connectivity index (χ4n) is 2.40. The maximum atomic E-state index is 12.3. The SMILES string of the molecule is CC(OC(=O)c1ccc(=O)n(C)n1)C(=O)Nc1ccc2ccccc2c1. The van der Waals surface area contributed by atoms with Gasteiger partial charge in [0, 0.05) is 18.8 Å². The van der Waals surface area contributed by atoms with E-state index in [9.17, 15) is 14.4 Å². The maximum absolute atomic E-state index is 12.3. The summed E-state index contributed by atoms with van der Waals surface area (Å²) in [6.45, 7) is 1.47. The molecule has 1 atom stereocenters. The van der Waals surface area contributed by atoms with Crippen molar-refractivity contribution in [3.05, 3.63) is 70.6 Å². The molecule has 7 nitrogen and oxygen atoms in total. The lowest BCUT2D eigenvalue weighted by atomic mass is 10.1. The molecule has 0 aliphatic rings. The van der Waals surface area contributed by atoms with E-state index < -0.39 is 18.0 Å². The Morgan fingerprint density at radius 2 is 1.81 bits per heavy atom. The number of hydrogen-bond donors (Lipinski definition) is 1. The van der Waals surface area contributed by atoms with Gasteiger partial charge in [-0.3, -0.25) is 9.59 Å². The summed E-state index contributed by atoms with van der Waals surface area (Å²) in [4.78, 5) is 35.6. The third kappa shape index (κ3) is 3.77. The molecule has 0 saturated heterocycles. The predicted molar refractivity (Wildman–Crippen MR) is 96.9 cm³/mol. The van der Waals surface area contributed by atoms with Crippen LogP contribution in [0.3, 0.4) is 0 Å². The molecule has 0 fully saturated rings. The van der Waals surface area contributed by atoms with E-state index >= 15 is 0 Å². The van der Waals surface area contributed by atoms with E-state index in [1.54, 1.807) is 6.07 Å². The average molecular weight is 351 g/mol. The van der Waals surface area contributed by atoms with Gasteiger partial charge in [0.15, 0.2) is 11.8 Å². The van der Waals surface area contributed by atoms with Crippen molar-refractivity contribution in [2.45, 2.75) is 13.0 Å². The van der Waals surface area contributed by atoms with E-state index in [0.29, 0.717) is 5.69 Å². The molecule has 0 radical (unpaired) electrons. The van der Waals surface area contributed by atoms with Crippen LogP contribution in [0.5, 0.6) is 0 Å². The second-order valence-corrected chi connectivity index (χ2v) is 5.78. The lowest BCUT2D eigenvalue weighted by Gasteiger charge is -2.13. The number of nitrogens with zero attached hydrogens (tertiary/aromatic N) is 2. The quantitative estimate of drug-likeness (QED) is 0.727. The van der Waals surface area contributed by atoms with Crippen molar-refractivity contribution in [1.82, 2.24) is 9.78 Å². The van der Waals surface area contributed by atoms with Crippen molar-refractivity contribution in [3.63, 3.8) is 0 Å². The number of rotatable bonds is 4. The Bertz CT molecular complexity index is 1040. The molecule has 26 heavy (non-hydrogen) atoms. The average Bonchev–Trinajstić information content (AvgIpc) is 2.63. The number of esters is 1. The Balaban J connectivity index is 1.67. The minimum Gasteiger partial charge on any atom is -0.448 e. The number of nitrogens with one attached hydrogen (secondary N) is 1. The van der Waals surface area contributed by atoms with Gasteiger partial charge in [-0.15, -0.1) is 0 Å². The highest BCUT2D eigenvalue weighted by molar-refractivity contribution is 5.98. The van der Waals surface area contributed by atoms with Crippen LogP contribution in [0.25, 0.3) is 10.8 Å². The zero-order valence-corrected chi connectivity index (χ0v) is 14.3. The number of benzene rings is 2. The van der Waals surface area contributed by atoms with Crippen LogP contribution in [0.4, 0.5) is 5.69 Å². The summed E-state index contributed by atoms with van der Waals surface area (Å²) in [7, 11) is 1.43. The molecule has 1 aromatic heterocycles. The Morgan fingerprint density at radius 3 is 2.54 bits per heavy atom. The van der Waals surface area contributed by atoms with Gasteiger partial charge >= 0.3 is 5.97 Å². The maximum Gasteiger partial charge on any atom is 0.359 e. The van der Waals surface area contributed by atoms with E-state index in [1.807, 2.05) is 36.4 Å².